The van der Waals surface area contributed by atoms with E-state index in [1.54, 1.807) is 56.3 Å². The van der Waals surface area contributed by atoms with Gasteiger partial charge in [0, 0.05) is 22.1 Å². The van der Waals surface area contributed by atoms with Gasteiger partial charge in [-0.15, -0.1) is 0 Å². The molecule has 9 nitrogen and oxygen atoms in total. The number of amides is 1. The molecule has 0 fully saturated rings. The van der Waals surface area contributed by atoms with Crippen LogP contribution < -0.4 is 20.7 Å². The first-order valence-electron chi connectivity index (χ1n) is 12.4. The molecule has 0 saturated carbocycles. The molecule has 38 heavy (non-hydrogen) atoms. The van der Waals surface area contributed by atoms with Crippen molar-refractivity contribution in [3.8, 4) is 0 Å². The van der Waals surface area contributed by atoms with Gasteiger partial charge in [0.25, 0.3) is 10.0 Å². The maximum atomic E-state index is 13.3. The second-order valence-electron chi connectivity index (χ2n) is 10.6. The van der Waals surface area contributed by atoms with Gasteiger partial charge in [0.2, 0.25) is 5.91 Å². The van der Waals surface area contributed by atoms with Crippen LogP contribution in [0.4, 0.5) is 17.1 Å². The van der Waals surface area contributed by atoms with Gasteiger partial charge >= 0.3 is 5.97 Å². The van der Waals surface area contributed by atoms with Crippen LogP contribution in [0.2, 0.25) is 0 Å². The van der Waals surface area contributed by atoms with E-state index in [9.17, 15) is 18.0 Å². The van der Waals surface area contributed by atoms with E-state index < -0.39 is 27.4 Å². The van der Waals surface area contributed by atoms with Crippen molar-refractivity contribution in [3.05, 3.63) is 60.7 Å². The largest absolute Gasteiger partial charge is 0.463 e. The minimum absolute atomic E-state index is 0.0764. The first kappa shape index (κ1) is 29.1. The summed E-state index contributed by atoms with van der Waals surface area (Å²) in [5.41, 5.74) is 6.62. The number of hydrogen-bond acceptors (Lipinski definition) is 6. The summed E-state index contributed by atoms with van der Waals surface area (Å²) in [4.78, 5) is 26.1. The number of carbonyl (C=O) groups excluding carboxylic acids is 2. The second-order valence-corrected chi connectivity index (χ2v) is 12.2. The summed E-state index contributed by atoms with van der Waals surface area (Å²) in [6, 6.07) is 16.4. The van der Waals surface area contributed by atoms with Crippen molar-refractivity contribution in [1.82, 2.24) is 0 Å². The molecule has 1 atom stereocenters. The van der Waals surface area contributed by atoms with Gasteiger partial charge in [0.15, 0.2) is 0 Å². The zero-order valence-corrected chi connectivity index (χ0v) is 23.5. The van der Waals surface area contributed by atoms with Gasteiger partial charge in [0.05, 0.1) is 24.4 Å². The Morgan fingerprint density at radius 1 is 0.947 bits per heavy atom. The van der Waals surface area contributed by atoms with Crippen LogP contribution in [0.3, 0.4) is 0 Å². The Labute approximate surface area is 224 Å². The monoisotopic (exact) mass is 541 g/mol. The van der Waals surface area contributed by atoms with E-state index in [0.717, 1.165) is 16.0 Å². The molecule has 3 aromatic rings. The SMILES string of the molecule is CC(C)[C@@H](N)C(=O)OCC(C)(C)C(=O)Nc1ccc(NS(=O)(=O)c2cccc3c([NH+](C)C)cccc23)cc1. The molecule has 0 saturated heterocycles. The number of esters is 1. The highest BCUT2D eigenvalue weighted by Gasteiger charge is 2.31. The van der Waals surface area contributed by atoms with Crippen LogP contribution in [0.5, 0.6) is 0 Å². The van der Waals surface area contributed by atoms with Gasteiger partial charge in [-0.05, 0) is 62.2 Å². The van der Waals surface area contributed by atoms with E-state index in [-0.39, 0.29) is 23.3 Å². The van der Waals surface area contributed by atoms with Crippen molar-refractivity contribution in [3.63, 3.8) is 0 Å². The maximum Gasteiger partial charge on any atom is 0.323 e. The van der Waals surface area contributed by atoms with Crippen molar-refractivity contribution in [1.29, 1.82) is 0 Å². The normalized spacial score (nSPS) is 13.0. The molecule has 0 radical (unpaired) electrons. The van der Waals surface area contributed by atoms with Gasteiger partial charge < -0.3 is 20.7 Å². The summed E-state index contributed by atoms with van der Waals surface area (Å²) in [5, 5.41) is 4.29. The number of carbonyl (C=O) groups is 2. The molecular weight excluding hydrogens is 504 g/mol. The lowest BCUT2D eigenvalue weighted by Crippen LogP contribution is -3.00. The Morgan fingerprint density at radius 2 is 1.53 bits per heavy atom. The Bertz CT molecular complexity index is 1420. The molecule has 0 aliphatic heterocycles. The summed E-state index contributed by atoms with van der Waals surface area (Å²) in [7, 11) is 0.106. The van der Waals surface area contributed by atoms with E-state index >= 15 is 0 Å². The van der Waals surface area contributed by atoms with Crippen LogP contribution in [0.25, 0.3) is 10.8 Å². The topological polar surface area (TPSA) is 132 Å². The first-order valence-corrected chi connectivity index (χ1v) is 13.9. The van der Waals surface area contributed by atoms with Gasteiger partial charge in [0.1, 0.15) is 18.3 Å². The van der Waals surface area contributed by atoms with Crippen molar-refractivity contribution in [2.45, 2.75) is 38.6 Å². The first-order chi connectivity index (χ1) is 17.7. The van der Waals surface area contributed by atoms with Crippen LogP contribution in [0.15, 0.2) is 65.6 Å². The number of sulfonamides is 1. The third-order valence-corrected chi connectivity index (χ3v) is 7.73. The molecule has 3 rings (SSSR count). The summed E-state index contributed by atoms with van der Waals surface area (Å²) < 4.78 is 34.4. The zero-order chi connectivity index (χ0) is 28.3. The van der Waals surface area contributed by atoms with Gasteiger partial charge in [-0.1, -0.05) is 32.0 Å². The summed E-state index contributed by atoms with van der Waals surface area (Å²) in [6.07, 6.45) is 0. The highest BCUT2D eigenvalue weighted by Crippen LogP contribution is 2.29. The van der Waals surface area contributed by atoms with Crippen molar-refractivity contribution in [2.24, 2.45) is 17.1 Å². The number of hydrogen-bond donors (Lipinski definition) is 4. The number of ether oxygens (including phenoxy) is 1. The lowest BCUT2D eigenvalue weighted by atomic mass is 9.93. The molecule has 0 bridgehead atoms. The number of benzene rings is 3. The van der Waals surface area contributed by atoms with Gasteiger partial charge in [-0.2, -0.15) is 0 Å². The van der Waals surface area contributed by atoms with E-state index in [4.69, 9.17) is 10.5 Å². The fourth-order valence-corrected chi connectivity index (χ4v) is 5.05. The molecule has 0 unspecified atom stereocenters. The molecular formula is C28H37N4O5S+. The standard InChI is InChI=1S/C28H36N4O5S/c1-18(2)25(29)26(33)37-17-28(3,4)27(34)30-19-13-15-20(16-14-19)31-38(35,36)24-12-8-9-21-22(24)10-7-11-23(21)32(5)6/h7-16,18,25,31H,17,29H2,1-6H3,(H,30,34)/p+1/t25-/m1/s1. The van der Waals surface area contributed by atoms with Crippen LogP contribution in [-0.2, 0) is 24.3 Å². The quantitative estimate of drug-likeness (QED) is 0.292. The highest BCUT2D eigenvalue weighted by molar-refractivity contribution is 7.93. The molecule has 1 amide bonds. The maximum absolute atomic E-state index is 13.3. The average Bonchev–Trinajstić information content (AvgIpc) is 2.86. The van der Waals surface area contributed by atoms with E-state index in [0.29, 0.717) is 16.8 Å². The zero-order valence-electron chi connectivity index (χ0n) is 22.7. The molecule has 0 aliphatic rings. The minimum Gasteiger partial charge on any atom is -0.463 e. The molecule has 0 spiro atoms. The van der Waals surface area contributed by atoms with Crippen LogP contribution in [-0.4, -0.2) is 47.0 Å². The molecule has 10 heteroatoms. The smallest absolute Gasteiger partial charge is 0.323 e. The second kappa shape index (κ2) is 11.5. The third-order valence-electron chi connectivity index (χ3n) is 6.29. The number of rotatable bonds is 10. The predicted molar refractivity (Wildman–Crippen MR) is 150 cm³/mol. The molecule has 3 aromatic carbocycles. The molecule has 0 aliphatic carbocycles. The average molecular weight is 542 g/mol. The summed E-state index contributed by atoms with van der Waals surface area (Å²) >= 11 is 0. The van der Waals surface area contributed by atoms with Gasteiger partial charge in [-0.3, -0.25) is 14.3 Å². The fraction of sp³-hybridized carbons (Fsp3) is 0.357. The van der Waals surface area contributed by atoms with E-state index in [1.165, 1.54) is 0 Å². The van der Waals surface area contributed by atoms with E-state index in [2.05, 4.69) is 10.0 Å². The van der Waals surface area contributed by atoms with Crippen LogP contribution in [0.1, 0.15) is 27.7 Å². The van der Waals surface area contributed by atoms with Crippen molar-refractivity contribution < 1.29 is 27.6 Å². The van der Waals surface area contributed by atoms with Crippen molar-refractivity contribution >= 4 is 49.7 Å². The predicted octanol–water partition coefficient (Wildman–Crippen LogP) is 2.91. The van der Waals surface area contributed by atoms with Crippen molar-refractivity contribution in [2.75, 3.05) is 30.7 Å². The molecule has 204 valence electrons. The van der Waals surface area contributed by atoms with Crippen LogP contribution >= 0.6 is 0 Å². The number of nitrogens with one attached hydrogen (secondary N) is 3. The Balaban J connectivity index is 1.71. The summed E-state index contributed by atoms with van der Waals surface area (Å²) in [6.45, 7) is 6.82. The Morgan fingerprint density at radius 3 is 2.13 bits per heavy atom. The highest BCUT2D eigenvalue weighted by atomic mass is 32.2. The van der Waals surface area contributed by atoms with E-state index in [1.807, 2.05) is 46.1 Å². The number of anilines is 2. The lowest BCUT2D eigenvalue weighted by molar-refractivity contribution is -0.785. The fourth-order valence-electron chi connectivity index (χ4n) is 3.77. The third kappa shape index (κ3) is 6.69. The Hall–Kier alpha value is -3.47. The number of fused-ring (bicyclic) bond motifs is 1. The lowest BCUT2D eigenvalue weighted by Gasteiger charge is -2.24. The minimum atomic E-state index is -3.88. The summed E-state index contributed by atoms with van der Waals surface area (Å²) in [5.74, 6) is -0.985. The molecule has 0 heterocycles. The van der Waals surface area contributed by atoms with Gasteiger partial charge in [-0.25, -0.2) is 8.42 Å². The number of nitrogens with two attached hydrogens (primary N) is 1. The molecule has 0 aromatic heterocycles. The Kier molecular flexibility index (Phi) is 8.81. The molecule has 5 N–H and O–H groups in total. The number of quaternary nitrogens is 1. The van der Waals surface area contributed by atoms with Crippen LogP contribution in [0, 0.1) is 11.3 Å².